The predicted molar refractivity (Wildman–Crippen MR) is 66.5 cm³/mol. The Labute approximate surface area is 109 Å². The molecule has 18 heavy (non-hydrogen) atoms. The van der Waals surface area contributed by atoms with Gasteiger partial charge in [0.2, 0.25) is 5.78 Å². The molecule has 0 unspecified atom stereocenters. The molecule has 0 heterocycles. The highest BCUT2D eigenvalue weighted by Crippen LogP contribution is 2.42. The lowest BCUT2D eigenvalue weighted by molar-refractivity contribution is 0.0975. The van der Waals surface area contributed by atoms with Gasteiger partial charge in [-0.25, -0.2) is 0 Å². The number of halogens is 1. The van der Waals surface area contributed by atoms with Gasteiger partial charge in [-0.3, -0.25) is 9.59 Å². The molecule has 0 atom stereocenters. The second kappa shape index (κ2) is 3.85. The zero-order valence-corrected chi connectivity index (χ0v) is 10.8. The Morgan fingerprint density at radius 2 is 1.22 bits per heavy atom. The Morgan fingerprint density at radius 3 is 1.67 bits per heavy atom. The second-order valence-electron chi connectivity index (χ2n) is 4.29. The zero-order valence-electron chi connectivity index (χ0n) is 10.1. The molecule has 2 N–H and O–H groups in total. The maximum atomic E-state index is 12.0. The molecule has 94 valence electrons. The first-order valence-corrected chi connectivity index (χ1v) is 5.67. The van der Waals surface area contributed by atoms with Gasteiger partial charge >= 0.3 is 0 Å². The van der Waals surface area contributed by atoms with Crippen LogP contribution in [0, 0.1) is 13.8 Å². The molecule has 0 bridgehead atoms. The minimum absolute atomic E-state index is 0.0760. The van der Waals surface area contributed by atoms with E-state index >= 15 is 0 Å². The number of rotatable bonds is 0. The van der Waals surface area contributed by atoms with Gasteiger partial charge in [-0.1, -0.05) is 11.6 Å². The van der Waals surface area contributed by atoms with Gasteiger partial charge in [0.1, 0.15) is 11.5 Å². The van der Waals surface area contributed by atoms with Crippen LogP contribution in [0.4, 0.5) is 0 Å². The first-order valence-electron chi connectivity index (χ1n) is 5.29. The minimum atomic E-state index is -0.639. The van der Waals surface area contributed by atoms with Crippen LogP contribution in [0.25, 0.3) is 0 Å². The van der Waals surface area contributed by atoms with Crippen molar-refractivity contribution in [3.05, 3.63) is 32.9 Å². The van der Waals surface area contributed by atoms with Crippen LogP contribution in [0.3, 0.4) is 0 Å². The van der Waals surface area contributed by atoms with Crippen molar-refractivity contribution in [2.24, 2.45) is 0 Å². The van der Waals surface area contributed by atoms with E-state index in [-0.39, 0.29) is 33.2 Å². The Kier molecular flexibility index (Phi) is 2.70. The van der Waals surface area contributed by atoms with Gasteiger partial charge in [0, 0.05) is 5.57 Å². The summed E-state index contributed by atoms with van der Waals surface area (Å²) in [6.07, 6.45) is 0. The first-order chi connectivity index (χ1) is 8.29. The van der Waals surface area contributed by atoms with Crippen molar-refractivity contribution in [1.82, 2.24) is 0 Å². The number of carbonyl (C=O) groups excluding carboxylic acids is 2. The van der Waals surface area contributed by atoms with Crippen LogP contribution >= 0.6 is 11.6 Å². The number of fused-ring (bicyclic) bond motifs is 1. The van der Waals surface area contributed by atoms with Crippen molar-refractivity contribution in [3.8, 4) is 11.5 Å². The van der Waals surface area contributed by atoms with E-state index in [1.54, 1.807) is 13.8 Å². The fraction of sp³-hybridized carbons (Fsp3) is 0.231. The van der Waals surface area contributed by atoms with Crippen molar-refractivity contribution in [1.29, 1.82) is 0 Å². The van der Waals surface area contributed by atoms with Gasteiger partial charge in [-0.05, 0) is 31.9 Å². The van der Waals surface area contributed by atoms with E-state index in [0.29, 0.717) is 11.1 Å². The first kappa shape index (κ1) is 12.6. The van der Waals surface area contributed by atoms with Gasteiger partial charge in [0.25, 0.3) is 0 Å². The number of hydrogen-bond donors (Lipinski definition) is 2. The summed E-state index contributed by atoms with van der Waals surface area (Å²) in [4.78, 5) is 24.0. The monoisotopic (exact) mass is 266 g/mol. The summed E-state index contributed by atoms with van der Waals surface area (Å²) >= 11 is 5.77. The van der Waals surface area contributed by atoms with Crippen LogP contribution < -0.4 is 0 Å². The number of allylic oxidation sites excluding steroid dienone is 2. The molecule has 0 amide bonds. The van der Waals surface area contributed by atoms with E-state index < -0.39 is 11.6 Å². The molecule has 1 aromatic carbocycles. The van der Waals surface area contributed by atoms with E-state index in [2.05, 4.69) is 0 Å². The average Bonchev–Trinajstić information content (AvgIpc) is 2.35. The van der Waals surface area contributed by atoms with Gasteiger partial charge in [0.15, 0.2) is 5.78 Å². The molecule has 2 rings (SSSR count). The number of Topliss-reactive ketones (excluding diaryl/α,β-unsaturated/α-hetero) is 2. The summed E-state index contributed by atoms with van der Waals surface area (Å²) < 4.78 is 0. The number of benzene rings is 1. The van der Waals surface area contributed by atoms with E-state index in [4.69, 9.17) is 11.6 Å². The molecule has 4 nitrogen and oxygen atoms in total. The number of phenols is 2. The van der Waals surface area contributed by atoms with Gasteiger partial charge in [-0.15, -0.1) is 0 Å². The van der Waals surface area contributed by atoms with Crippen LogP contribution in [0.5, 0.6) is 11.5 Å². The third-order valence-corrected chi connectivity index (χ3v) is 3.77. The Morgan fingerprint density at radius 1 is 0.833 bits per heavy atom. The van der Waals surface area contributed by atoms with Crippen molar-refractivity contribution in [2.75, 3.05) is 0 Å². The summed E-state index contributed by atoms with van der Waals surface area (Å²) in [5.41, 5.74) is 0.431. The summed E-state index contributed by atoms with van der Waals surface area (Å²) in [6.45, 7) is 4.54. The molecule has 0 radical (unpaired) electrons. The van der Waals surface area contributed by atoms with Crippen molar-refractivity contribution >= 4 is 23.2 Å². The van der Waals surface area contributed by atoms with Crippen LogP contribution in [0.15, 0.2) is 10.6 Å². The smallest absolute Gasteiger partial charge is 0.209 e. The van der Waals surface area contributed by atoms with Crippen molar-refractivity contribution in [2.45, 2.75) is 20.8 Å². The summed E-state index contributed by atoms with van der Waals surface area (Å²) in [5.74, 6) is -1.75. The standard InChI is InChI=1S/C13H11ClO4/c1-4-5(2)11(16)8-7(10(4)15)12(17)6(3)9(14)13(8)18/h15-16H,1-3H3. The number of ketones is 2. The summed E-state index contributed by atoms with van der Waals surface area (Å²) in [5, 5.41) is 19.7. The van der Waals surface area contributed by atoms with E-state index in [9.17, 15) is 19.8 Å². The highest BCUT2D eigenvalue weighted by atomic mass is 35.5. The van der Waals surface area contributed by atoms with Gasteiger partial charge < -0.3 is 10.2 Å². The highest BCUT2D eigenvalue weighted by Gasteiger charge is 2.35. The normalized spacial score (nSPS) is 15.1. The lowest BCUT2D eigenvalue weighted by atomic mass is 9.85. The third-order valence-electron chi connectivity index (χ3n) is 3.32. The fourth-order valence-corrected chi connectivity index (χ4v) is 2.16. The van der Waals surface area contributed by atoms with Crippen LogP contribution in [0.1, 0.15) is 38.8 Å². The SMILES string of the molecule is CC1=C(Cl)C(=O)c2c(O)c(C)c(C)c(O)c2C1=O. The molecule has 0 spiro atoms. The molecule has 1 aliphatic carbocycles. The molecule has 0 saturated carbocycles. The molecule has 1 aromatic rings. The Balaban J connectivity index is 2.96. The van der Waals surface area contributed by atoms with Gasteiger partial charge in [-0.2, -0.15) is 0 Å². The second-order valence-corrected chi connectivity index (χ2v) is 4.67. The molecule has 5 heteroatoms. The maximum Gasteiger partial charge on any atom is 0.209 e. The molecular formula is C13H11ClO4. The largest absolute Gasteiger partial charge is 0.507 e. The lowest BCUT2D eigenvalue weighted by Gasteiger charge is -2.20. The number of carbonyl (C=O) groups is 2. The Bertz CT molecular complexity index is 586. The summed E-state index contributed by atoms with van der Waals surface area (Å²) in [7, 11) is 0. The predicted octanol–water partition coefficient (Wildman–Crippen LogP) is 2.61. The van der Waals surface area contributed by atoms with Crippen LogP contribution in [-0.4, -0.2) is 21.8 Å². The number of aromatic hydroxyl groups is 2. The van der Waals surface area contributed by atoms with Crippen LogP contribution in [0.2, 0.25) is 0 Å². The topological polar surface area (TPSA) is 74.6 Å². The zero-order chi connectivity index (χ0) is 13.8. The molecule has 0 saturated heterocycles. The lowest BCUT2D eigenvalue weighted by Crippen LogP contribution is -2.20. The minimum Gasteiger partial charge on any atom is -0.507 e. The highest BCUT2D eigenvalue weighted by molar-refractivity contribution is 6.50. The Hall–Kier alpha value is -1.81. The van der Waals surface area contributed by atoms with Crippen molar-refractivity contribution in [3.63, 3.8) is 0 Å². The molecule has 1 aliphatic rings. The van der Waals surface area contributed by atoms with Crippen LogP contribution in [-0.2, 0) is 0 Å². The quantitative estimate of drug-likeness (QED) is 0.708. The molecule has 0 aromatic heterocycles. The van der Waals surface area contributed by atoms with Gasteiger partial charge in [0.05, 0.1) is 16.2 Å². The van der Waals surface area contributed by atoms with Crippen molar-refractivity contribution < 1.29 is 19.8 Å². The number of hydrogen-bond acceptors (Lipinski definition) is 4. The molecule has 0 fully saturated rings. The number of phenolic OH excluding ortho intramolecular Hbond substituents is 2. The maximum absolute atomic E-state index is 12.0. The van der Waals surface area contributed by atoms with E-state index in [1.165, 1.54) is 6.92 Å². The molecular weight excluding hydrogens is 256 g/mol. The fourth-order valence-electron chi connectivity index (χ4n) is 1.98. The third kappa shape index (κ3) is 1.39. The molecule has 0 aliphatic heterocycles. The van der Waals surface area contributed by atoms with E-state index in [0.717, 1.165) is 0 Å². The average molecular weight is 267 g/mol. The summed E-state index contributed by atoms with van der Waals surface area (Å²) in [6, 6.07) is 0. The van der Waals surface area contributed by atoms with E-state index in [1.807, 2.05) is 0 Å².